The molecular weight excluding hydrogens is 246 g/mol. The molecule has 3 heteroatoms. The Bertz CT molecular complexity index is 434. The van der Waals surface area contributed by atoms with E-state index in [9.17, 15) is 4.79 Å². The van der Waals surface area contributed by atoms with Crippen molar-refractivity contribution in [1.29, 1.82) is 0 Å². The molecule has 2 nitrogen and oxygen atoms in total. The number of fused-ring (bicyclic) bond motifs is 1. The minimum absolute atomic E-state index is 0.397. The maximum absolute atomic E-state index is 11.3. The van der Waals surface area contributed by atoms with Crippen LogP contribution in [0.5, 0.6) is 0 Å². The van der Waals surface area contributed by atoms with Crippen LogP contribution < -0.4 is 5.73 Å². The second kappa shape index (κ2) is 5.75. The fraction of sp³-hybridized carbons (Fsp3) is 0.533. The van der Waals surface area contributed by atoms with Crippen molar-refractivity contribution < 1.29 is 4.79 Å². The second-order valence-corrected chi connectivity index (χ2v) is 5.63. The number of carbonyl (C=O) groups is 1. The van der Waals surface area contributed by atoms with Crippen LogP contribution in [-0.2, 0) is 4.79 Å². The van der Waals surface area contributed by atoms with Gasteiger partial charge in [-0.2, -0.15) is 0 Å². The number of hydrogen-bond acceptors (Lipinski definition) is 2. The molecule has 0 aromatic carbocycles. The van der Waals surface area contributed by atoms with Crippen molar-refractivity contribution in [3.05, 3.63) is 35.1 Å². The molecule has 1 fully saturated rings. The van der Waals surface area contributed by atoms with Crippen molar-refractivity contribution in [3.63, 3.8) is 0 Å². The van der Waals surface area contributed by atoms with Crippen LogP contribution in [0.1, 0.15) is 39.0 Å². The Labute approximate surface area is 114 Å². The van der Waals surface area contributed by atoms with Gasteiger partial charge in [-0.25, -0.2) is 0 Å². The topological polar surface area (TPSA) is 43.1 Å². The molecule has 0 amide bonds. The van der Waals surface area contributed by atoms with E-state index in [2.05, 4.69) is 6.92 Å². The van der Waals surface area contributed by atoms with Gasteiger partial charge < -0.3 is 5.73 Å². The minimum atomic E-state index is -0.397. The minimum Gasteiger partial charge on any atom is -0.399 e. The van der Waals surface area contributed by atoms with Crippen molar-refractivity contribution in [3.8, 4) is 0 Å². The first-order chi connectivity index (χ1) is 8.59. The third-order valence-electron chi connectivity index (χ3n) is 4.23. The predicted octanol–water partition coefficient (Wildman–Crippen LogP) is 3.68. The zero-order valence-corrected chi connectivity index (χ0v) is 11.5. The maximum atomic E-state index is 11.3. The van der Waals surface area contributed by atoms with Gasteiger partial charge in [0.1, 0.15) is 0 Å². The fourth-order valence-corrected chi connectivity index (χ4v) is 3.22. The van der Waals surface area contributed by atoms with E-state index >= 15 is 0 Å². The van der Waals surface area contributed by atoms with E-state index in [1.807, 2.05) is 12.2 Å². The van der Waals surface area contributed by atoms with E-state index in [0.29, 0.717) is 17.4 Å². The Morgan fingerprint density at radius 2 is 2.06 bits per heavy atom. The number of halogens is 1. The van der Waals surface area contributed by atoms with E-state index in [1.54, 1.807) is 6.08 Å². The van der Waals surface area contributed by atoms with Crippen LogP contribution in [0.4, 0.5) is 0 Å². The molecule has 0 bridgehead atoms. The third-order valence-corrected chi connectivity index (χ3v) is 4.45. The lowest BCUT2D eigenvalue weighted by Gasteiger charge is -2.32. The quantitative estimate of drug-likeness (QED) is 0.735. The van der Waals surface area contributed by atoms with Gasteiger partial charge in [0.15, 0.2) is 0 Å². The number of rotatable bonds is 1. The van der Waals surface area contributed by atoms with Gasteiger partial charge in [0.2, 0.25) is 0 Å². The molecule has 2 atom stereocenters. The van der Waals surface area contributed by atoms with E-state index in [-0.39, 0.29) is 0 Å². The molecule has 98 valence electrons. The van der Waals surface area contributed by atoms with Crippen LogP contribution in [0.25, 0.3) is 0 Å². The Morgan fingerprint density at radius 1 is 1.33 bits per heavy atom. The lowest BCUT2D eigenvalue weighted by atomic mass is 9.73. The molecule has 0 aliphatic heterocycles. The van der Waals surface area contributed by atoms with E-state index in [4.69, 9.17) is 17.3 Å². The standard InChI is InChI=1S/C15H20ClNO/c1-10-13-5-3-2-4-11(13)6-7-12(15(16)18)8-9-14(10)17/h7-9,11,13H,2-6,17H2,1H3/b9-8-,12-7-,14-10-. The van der Waals surface area contributed by atoms with Crippen molar-refractivity contribution in [2.24, 2.45) is 17.6 Å². The summed E-state index contributed by atoms with van der Waals surface area (Å²) in [6, 6.07) is 0. The summed E-state index contributed by atoms with van der Waals surface area (Å²) >= 11 is 5.58. The lowest BCUT2D eigenvalue weighted by molar-refractivity contribution is -0.108. The molecule has 2 aliphatic rings. The molecule has 2 unspecified atom stereocenters. The van der Waals surface area contributed by atoms with Gasteiger partial charge in [0.05, 0.1) is 0 Å². The zero-order valence-electron chi connectivity index (χ0n) is 10.8. The molecule has 0 radical (unpaired) electrons. The van der Waals surface area contributed by atoms with Gasteiger partial charge in [-0.15, -0.1) is 0 Å². The SMILES string of the molecule is C\C1=C(N)/C=C\C(C(=O)Cl)=C\CC2CCCCC12. The van der Waals surface area contributed by atoms with Crippen molar-refractivity contribution in [2.45, 2.75) is 39.0 Å². The second-order valence-electron chi connectivity index (χ2n) is 5.29. The molecule has 2 aliphatic carbocycles. The Balaban J connectivity index is 2.35. The molecule has 0 aromatic rings. The van der Waals surface area contributed by atoms with Crippen LogP contribution >= 0.6 is 11.6 Å². The molecular formula is C15H20ClNO. The fourth-order valence-electron chi connectivity index (χ4n) is 3.08. The summed E-state index contributed by atoms with van der Waals surface area (Å²) in [5.74, 6) is 1.16. The van der Waals surface area contributed by atoms with Crippen LogP contribution in [-0.4, -0.2) is 5.24 Å². The largest absolute Gasteiger partial charge is 0.399 e. The summed E-state index contributed by atoms with van der Waals surface area (Å²) in [4.78, 5) is 11.3. The molecule has 0 spiro atoms. The summed E-state index contributed by atoms with van der Waals surface area (Å²) < 4.78 is 0. The lowest BCUT2D eigenvalue weighted by Crippen LogP contribution is -2.22. The van der Waals surface area contributed by atoms with Gasteiger partial charge >= 0.3 is 0 Å². The number of carbonyl (C=O) groups excluding carboxylic acids is 1. The third kappa shape index (κ3) is 2.86. The number of hydrogen-bond donors (Lipinski definition) is 1. The summed E-state index contributed by atoms with van der Waals surface area (Å²) in [7, 11) is 0. The maximum Gasteiger partial charge on any atom is 0.252 e. The van der Waals surface area contributed by atoms with Gasteiger partial charge in [0, 0.05) is 11.3 Å². The molecule has 1 saturated carbocycles. The predicted molar refractivity (Wildman–Crippen MR) is 75.0 cm³/mol. The molecule has 18 heavy (non-hydrogen) atoms. The number of nitrogens with two attached hydrogens (primary N) is 1. The van der Waals surface area contributed by atoms with Crippen LogP contribution in [0, 0.1) is 11.8 Å². The molecule has 2 N–H and O–H groups in total. The first kappa shape index (κ1) is 13.4. The normalized spacial score (nSPS) is 37.6. The molecule has 0 aromatic heterocycles. The van der Waals surface area contributed by atoms with E-state index in [1.165, 1.54) is 31.3 Å². The van der Waals surface area contributed by atoms with Crippen molar-refractivity contribution in [1.82, 2.24) is 0 Å². The van der Waals surface area contributed by atoms with Crippen molar-refractivity contribution in [2.75, 3.05) is 0 Å². The smallest absolute Gasteiger partial charge is 0.252 e. The first-order valence-electron chi connectivity index (χ1n) is 6.64. The first-order valence-corrected chi connectivity index (χ1v) is 7.01. The summed E-state index contributed by atoms with van der Waals surface area (Å²) in [5, 5.41) is -0.397. The monoisotopic (exact) mass is 265 g/mol. The molecule has 0 heterocycles. The van der Waals surface area contributed by atoms with Crippen LogP contribution in [0.2, 0.25) is 0 Å². The van der Waals surface area contributed by atoms with Gasteiger partial charge in [-0.1, -0.05) is 18.9 Å². The van der Waals surface area contributed by atoms with E-state index < -0.39 is 5.24 Å². The highest BCUT2D eigenvalue weighted by atomic mass is 35.5. The molecule has 0 saturated heterocycles. The zero-order chi connectivity index (χ0) is 13.1. The van der Waals surface area contributed by atoms with Gasteiger partial charge in [0.25, 0.3) is 5.24 Å². The van der Waals surface area contributed by atoms with Crippen LogP contribution in [0.15, 0.2) is 35.1 Å². The Hall–Kier alpha value is -1.02. The van der Waals surface area contributed by atoms with Crippen LogP contribution in [0.3, 0.4) is 0 Å². The number of allylic oxidation sites excluding steroid dienone is 5. The Morgan fingerprint density at radius 3 is 2.78 bits per heavy atom. The summed E-state index contributed by atoms with van der Waals surface area (Å²) in [6.07, 6.45) is 11.4. The van der Waals surface area contributed by atoms with Crippen molar-refractivity contribution >= 4 is 16.8 Å². The summed E-state index contributed by atoms with van der Waals surface area (Å²) in [6.45, 7) is 2.12. The highest BCUT2D eigenvalue weighted by Gasteiger charge is 2.27. The average Bonchev–Trinajstić information content (AvgIpc) is 2.42. The highest BCUT2D eigenvalue weighted by Crippen LogP contribution is 2.38. The summed E-state index contributed by atoms with van der Waals surface area (Å²) in [5.41, 5.74) is 8.73. The highest BCUT2D eigenvalue weighted by molar-refractivity contribution is 6.68. The molecule has 2 rings (SSSR count). The van der Waals surface area contributed by atoms with Gasteiger partial charge in [-0.3, -0.25) is 4.79 Å². The average molecular weight is 266 g/mol. The van der Waals surface area contributed by atoms with E-state index in [0.717, 1.165) is 12.1 Å². The van der Waals surface area contributed by atoms with Gasteiger partial charge in [-0.05, 0) is 67.3 Å². The Kier molecular flexibility index (Phi) is 4.28.